The summed E-state index contributed by atoms with van der Waals surface area (Å²) < 4.78 is 0. The fourth-order valence-corrected chi connectivity index (χ4v) is 3.14. The van der Waals surface area contributed by atoms with Crippen LogP contribution in [0.5, 0.6) is 0 Å². The highest BCUT2D eigenvalue weighted by Gasteiger charge is 1.99. The zero-order chi connectivity index (χ0) is 21.3. The highest BCUT2D eigenvalue weighted by atomic mass is 16.3. The molecule has 0 bridgehead atoms. The molecule has 29 heavy (non-hydrogen) atoms. The summed E-state index contributed by atoms with van der Waals surface area (Å²) in [6.07, 6.45) is 40.1. The Kier molecular flexibility index (Phi) is 23.1. The van der Waals surface area contributed by atoms with E-state index in [1.54, 1.807) is 6.08 Å². The van der Waals surface area contributed by atoms with E-state index in [2.05, 4.69) is 37.8 Å². The zero-order valence-electron chi connectivity index (χ0n) is 19.0. The summed E-state index contributed by atoms with van der Waals surface area (Å²) in [5, 5.41) is 9.51. The lowest BCUT2D eigenvalue weighted by molar-refractivity contribution is 0.156. The summed E-state index contributed by atoms with van der Waals surface area (Å²) in [4.78, 5) is 0. The molecule has 1 unspecified atom stereocenters. The van der Waals surface area contributed by atoms with Gasteiger partial charge in [-0.3, -0.25) is 0 Å². The molecule has 0 aromatic heterocycles. The highest BCUT2D eigenvalue weighted by Crippen LogP contribution is 2.13. The average molecular weight is 399 g/mol. The van der Waals surface area contributed by atoms with Crippen molar-refractivity contribution in [2.24, 2.45) is 0 Å². The van der Waals surface area contributed by atoms with Crippen LogP contribution in [0.25, 0.3) is 0 Å². The molecule has 0 saturated carbocycles. The molecule has 0 saturated heterocycles. The first-order valence-electron chi connectivity index (χ1n) is 11.9. The van der Waals surface area contributed by atoms with E-state index in [9.17, 15) is 5.11 Å². The summed E-state index contributed by atoms with van der Waals surface area (Å²) in [6.45, 7) is 5.69. The number of aliphatic hydroxyl groups is 1. The van der Waals surface area contributed by atoms with Gasteiger partial charge < -0.3 is 5.11 Å². The summed E-state index contributed by atoms with van der Waals surface area (Å²) in [6, 6.07) is 0. The van der Waals surface area contributed by atoms with Crippen LogP contribution in [0.2, 0.25) is 0 Å². The van der Waals surface area contributed by atoms with Crippen molar-refractivity contribution in [1.29, 1.82) is 0 Å². The van der Waals surface area contributed by atoms with Gasteiger partial charge in [0.05, 0.1) is 6.10 Å². The van der Waals surface area contributed by atoms with Crippen molar-refractivity contribution in [1.82, 2.24) is 0 Å². The second kappa shape index (κ2) is 24.4. The number of hydrogen-bond acceptors (Lipinski definition) is 1. The van der Waals surface area contributed by atoms with Gasteiger partial charge >= 0.3 is 0 Å². The molecule has 0 aliphatic heterocycles. The first kappa shape index (κ1) is 27.4. The highest BCUT2D eigenvalue weighted by molar-refractivity contribution is 5.18. The van der Waals surface area contributed by atoms with Crippen LogP contribution in [0.3, 0.4) is 0 Å². The first-order chi connectivity index (χ1) is 14.3. The van der Waals surface area contributed by atoms with Crippen molar-refractivity contribution >= 4 is 0 Å². The number of unbranched alkanes of at least 4 members (excludes halogenated alkanes) is 11. The zero-order valence-corrected chi connectivity index (χ0v) is 19.0. The molecule has 1 heteroatoms. The molecule has 164 valence electrons. The Labute approximate surface area is 181 Å². The number of hydrogen-bond donors (Lipinski definition) is 1. The summed E-state index contributed by atoms with van der Waals surface area (Å²) in [5.41, 5.74) is 0. The lowest BCUT2D eigenvalue weighted by atomic mass is 10.0. The van der Waals surface area contributed by atoms with E-state index in [0.717, 1.165) is 12.8 Å². The summed E-state index contributed by atoms with van der Waals surface area (Å²) >= 11 is 0. The molecule has 0 rings (SSSR count). The third-order valence-electron chi connectivity index (χ3n) is 5.04. The van der Waals surface area contributed by atoms with Crippen LogP contribution in [0.1, 0.15) is 96.8 Å². The largest absolute Gasteiger partial charge is 0.393 e. The maximum absolute atomic E-state index is 9.51. The van der Waals surface area contributed by atoms with Crippen molar-refractivity contribution < 1.29 is 5.11 Å². The number of rotatable bonds is 20. The maximum atomic E-state index is 9.51. The quantitative estimate of drug-likeness (QED) is 0.160. The van der Waals surface area contributed by atoms with E-state index in [4.69, 9.17) is 0 Å². The third kappa shape index (κ3) is 24.4. The first-order valence-corrected chi connectivity index (χ1v) is 11.9. The molecule has 0 aromatic rings. The SMILES string of the molecule is C=C/C=C/C=C/C=C/C=C/C=C/CCCCCCCCCCCCCC(O)CC. The lowest BCUT2D eigenvalue weighted by Crippen LogP contribution is -2.03. The van der Waals surface area contributed by atoms with Gasteiger partial charge in [0.1, 0.15) is 0 Å². The molecule has 0 amide bonds. The molecule has 1 atom stereocenters. The van der Waals surface area contributed by atoms with E-state index in [0.29, 0.717) is 0 Å². The number of allylic oxidation sites excluding steroid dienone is 11. The molecular formula is C28H46O. The second-order valence-corrected chi connectivity index (χ2v) is 7.73. The van der Waals surface area contributed by atoms with Gasteiger partial charge in [-0.2, -0.15) is 0 Å². The molecular weight excluding hydrogens is 352 g/mol. The third-order valence-corrected chi connectivity index (χ3v) is 5.04. The summed E-state index contributed by atoms with van der Waals surface area (Å²) in [7, 11) is 0. The summed E-state index contributed by atoms with van der Waals surface area (Å²) in [5.74, 6) is 0. The van der Waals surface area contributed by atoms with Gasteiger partial charge in [-0.1, -0.05) is 145 Å². The van der Waals surface area contributed by atoms with Gasteiger partial charge in [-0.15, -0.1) is 0 Å². The van der Waals surface area contributed by atoms with Gasteiger partial charge in [0.25, 0.3) is 0 Å². The molecule has 0 fully saturated rings. The van der Waals surface area contributed by atoms with Gasteiger partial charge in [-0.05, 0) is 25.7 Å². The Bertz CT molecular complexity index is 479. The van der Waals surface area contributed by atoms with Crippen molar-refractivity contribution in [3.63, 3.8) is 0 Å². The van der Waals surface area contributed by atoms with Crippen LogP contribution in [0, 0.1) is 0 Å². The Morgan fingerprint density at radius 3 is 1.48 bits per heavy atom. The molecule has 0 radical (unpaired) electrons. The van der Waals surface area contributed by atoms with Crippen LogP contribution >= 0.6 is 0 Å². The molecule has 1 nitrogen and oxygen atoms in total. The smallest absolute Gasteiger partial charge is 0.0537 e. The van der Waals surface area contributed by atoms with Crippen LogP contribution in [0.4, 0.5) is 0 Å². The molecule has 0 aliphatic carbocycles. The maximum Gasteiger partial charge on any atom is 0.0537 e. The number of aliphatic hydroxyl groups excluding tert-OH is 1. The van der Waals surface area contributed by atoms with Gasteiger partial charge in [0, 0.05) is 0 Å². The molecule has 0 spiro atoms. The molecule has 0 aromatic carbocycles. The van der Waals surface area contributed by atoms with Gasteiger partial charge in [0.2, 0.25) is 0 Å². The Morgan fingerprint density at radius 2 is 1.00 bits per heavy atom. The Hall–Kier alpha value is -1.60. The predicted octanol–water partition coefficient (Wildman–Crippen LogP) is 8.80. The fourth-order valence-electron chi connectivity index (χ4n) is 3.14. The van der Waals surface area contributed by atoms with E-state index < -0.39 is 0 Å². The van der Waals surface area contributed by atoms with Crippen LogP contribution in [-0.4, -0.2) is 11.2 Å². The minimum atomic E-state index is -0.0674. The van der Waals surface area contributed by atoms with Crippen molar-refractivity contribution in [2.75, 3.05) is 0 Å². The monoisotopic (exact) mass is 398 g/mol. The fraction of sp³-hybridized carbons (Fsp3) is 0.571. The van der Waals surface area contributed by atoms with E-state index in [1.807, 2.05) is 36.5 Å². The van der Waals surface area contributed by atoms with Crippen molar-refractivity contribution in [3.05, 3.63) is 73.4 Å². The lowest BCUT2D eigenvalue weighted by Gasteiger charge is -2.06. The van der Waals surface area contributed by atoms with Gasteiger partial charge in [-0.25, -0.2) is 0 Å². The Balaban J connectivity index is 3.30. The predicted molar refractivity (Wildman–Crippen MR) is 132 cm³/mol. The minimum Gasteiger partial charge on any atom is -0.393 e. The van der Waals surface area contributed by atoms with Crippen LogP contribution < -0.4 is 0 Å². The molecule has 1 N–H and O–H groups in total. The van der Waals surface area contributed by atoms with Crippen LogP contribution in [-0.2, 0) is 0 Å². The topological polar surface area (TPSA) is 20.2 Å². The average Bonchev–Trinajstić information content (AvgIpc) is 2.74. The minimum absolute atomic E-state index is 0.0674. The molecule has 0 aliphatic rings. The standard InChI is InChI=1S/C28H46O/c1-3-5-6-7-8-9-10-11-12-13-14-15-16-17-18-19-20-21-22-23-24-25-26-27-28(29)4-2/h3,5-14,28-29H,1,4,15-27H2,2H3/b6-5+,8-7+,10-9+,12-11+,14-13+. The molecule has 0 heterocycles. The second-order valence-electron chi connectivity index (χ2n) is 7.73. The Morgan fingerprint density at radius 1 is 0.586 bits per heavy atom. The van der Waals surface area contributed by atoms with E-state index in [1.165, 1.54) is 77.0 Å². The van der Waals surface area contributed by atoms with Gasteiger partial charge in [0.15, 0.2) is 0 Å². The normalized spacial score (nSPS) is 13.7. The van der Waals surface area contributed by atoms with E-state index >= 15 is 0 Å². The van der Waals surface area contributed by atoms with E-state index in [-0.39, 0.29) is 6.10 Å². The van der Waals surface area contributed by atoms with Crippen molar-refractivity contribution in [3.8, 4) is 0 Å². The van der Waals surface area contributed by atoms with Crippen LogP contribution in [0.15, 0.2) is 73.4 Å². The van der Waals surface area contributed by atoms with Crippen molar-refractivity contribution in [2.45, 2.75) is 103 Å².